The number of benzene rings is 2. The van der Waals surface area contributed by atoms with Gasteiger partial charge in [0.2, 0.25) is 0 Å². The van der Waals surface area contributed by atoms with E-state index in [2.05, 4.69) is 122 Å². The van der Waals surface area contributed by atoms with E-state index in [1.807, 2.05) is 0 Å². The number of fused-ring (bicyclic) bond motifs is 2. The molecule has 0 amide bonds. The van der Waals surface area contributed by atoms with Gasteiger partial charge in [-0.3, -0.25) is 0 Å². The van der Waals surface area contributed by atoms with Crippen LogP contribution in [-0.2, 0) is 32.0 Å². The van der Waals surface area contributed by atoms with Gasteiger partial charge in [0.05, 0.1) is 0 Å². The van der Waals surface area contributed by atoms with Crippen molar-refractivity contribution in [2.45, 2.75) is 93.2 Å². The topological polar surface area (TPSA) is 0 Å². The molecule has 4 aromatic rings. The van der Waals surface area contributed by atoms with E-state index in [4.69, 9.17) is 0 Å². The SMILES string of the molecule is CCCCc1cc2c(C)ccc(C)c2[cH-]1.CCCCc1cc2c(C)ccc(C)c2[cH-]1.C[Si](C)=[Ti+2].[Cl-].[Cl-]. The minimum Gasteiger partial charge on any atom is -1.00 e. The Bertz CT molecular complexity index is 1040. The Labute approximate surface area is 245 Å². The molecule has 0 saturated carbocycles. The van der Waals surface area contributed by atoms with Gasteiger partial charge in [0, 0.05) is 0 Å². The molecule has 0 aliphatic heterocycles. The summed E-state index contributed by atoms with van der Waals surface area (Å²) in [4.78, 5) is 0. The fourth-order valence-corrected chi connectivity index (χ4v) is 4.35. The molecule has 0 heterocycles. The van der Waals surface area contributed by atoms with Crippen LogP contribution in [0.2, 0.25) is 13.1 Å². The number of hydrogen-bond acceptors (Lipinski definition) is 0. The summed E-state index contributed by atoms with van der Waals surface area (Å²) in [6, 6.07) is 18.4. The van der Waals surface area contributed by atoms with Crippen LogP contribution in [0.15, 0.2) is 48.5 Å². The maximum Gasteiger partial charge on any atom is -1.00 e. The second-order valence-corrected chi connectivity index (χ2v) is 16.7. The molecule has 0 aliphatic rings. The van der Waals surface area contributed by atoms with E-state index in [1.54, 1.807) is 0 Å². The summed E-state index contributed by atoms with van der Waals surface area (Å²) < 4.78 is 0. The molecule has 4 aromatic carbocycles. The summed E-state index contributed by atoms with van der Waals surface area (Å²) in [5.41, 5.74) is 8.61. The molecule has 4 heteroatoms. The molecular formula is C32H44Cl2SiTi-2. The van der Waals surface area contributed by atoms with Gasteiger partial charge in [0.25, 0.3) is 0 Å². The Kier molecular flexibility index (Phi) is 17.2. The standard InChI is InChI=1S/2C15H19.C2H6Si.2ClH.Ti/c2*1-4-5-6-13-9-14-11(2)7-8-12(3)15(14)10-13;1-3-2;;;/h2*7-10H,4-6H2,1-3H3;1-2H3;2*1H;/q2*-1;;;;+2/p-2. The summed E-state index contributed by atoms with van der Waals surface area (Å²) >= 11 is 2.27. The Balaban J connectivity index is 0.000000566. The quantitative estimate of drug-likeness (QED) is 0.242. The van der Waals surface area contributed by atoms with Crippen molar-refractivity contribution in [2.24, 2.45) is 0 Å². The van der Waals surface area contributed by atoms with Crippen molar-refractivity contribution in [3.63, 3.8) is 0 Å². The van der Waals surface area contributed by atoms with Gasteiger partial charge in [-0.2, -0.15) is 12.1 Å². The second kappa shape index (κ2) is 17.6. The molecule has 36 heavy (non-hydrogen) atoms. The molecule has 0 N–H and O–H groups in total. The zero-order chi connectivity index (χ0) is 25.3. The molecule has 0 spiro atoms. The average Bonchev–Trinajstić information content (AvgIpc) is 3.42. The molecule has 0 atom stereocenters. The maximum atomic E-state index is 2.37. The van der Waals surface area contributed by atoms with Crippen LogP contribution >= 0.6 is 0 Å². The number of unbranched alkanes of at least 4 members (excludes halogenated alkanes) is 2. The van der Waals surface area contributed by atoms with E-state index in [9.17, 15) is 0 Å². The monoisotopic (exact) mass is 574 g/mol. The van der Waals surface area contributed by atoms with Crippen LogP contribution in [0, 0.1) is 27.7 Å². The van der Waals surface area contributed by atoms with Crippen LogP contribution < -0.4 is 24.8 Å². The second-order valence-electron chi connectivity index (χ2n) is 9.99. The zero-order valence-electron chi connectivity index (χ0n) is 23.6. The van der Waals surface area contributed by atoms with Crippen LogP contribution in [0.1, 0.15) is 72.9 Å². The van der Waals surface area contributed by atoms with Crippen LogP contribution in [0.5, 0.6) is 0 Å². The molecule has 0 bridgehead atoms. The summed E-state index contributed by atoms with van der Waals surface area (Å²) in [6.45, 7) is 17.8. The molecule has 0 radical (unpaired) electrons. The fourth-order valence-electron chi connectivity index (χ4n) is 4.35. The minimum absolute atomic E-state index is 0. The van der Waals surface area contributed by atoms with E-state index in [0.717, 1.165) is 0 Å². The Hall–Kier alpha value is -0.829. The van der Waals surface area contributed by atoms with Crippen molar-refractivity contribution >= 4 is 27.7 Å². The van der Waals surface area contributed by atoms with Crippen molar-refractivity contribution in [3.05, 3.63) is 81.9 Å². The average molecular weight is 576 g/mol. The van der Waals surface area contributed by atoms with Crippen LogP contribution in [0.3, 0.4) is 0 Å². The number of rotatable bonds is 6. The Morgan fingerprint density at radius 1 is 0.639 bits per heavy atom. The van der Waals surface area contributed by atoms with Crippen LogP contribution in [0.25, 0.3) is 21.5 Å². The Morgan fingerprint density at radius 3 is 1.22 bits per heavy atom. The third-order valence-corrected chi connectivity index (χ3v) is 6.40. The largest absolute Gasteiger partial charge is 1.00 e. The predicted molar refractivity (Wildman–Crippen MR) is 153 cm³/mol. The van der Waals surface area contributed by atoms with E-state index < -0.39 is 0 Å². The van der Waals surface area contributed by atoms with Crippen molar-refractivity contribution in [1.82, 2.24) is 0 Å². The normalized spacial score (nSPS) is 10.1. The van der Waals surface area contributed by atoms with Crippen molar-refractivity contribution in [2.75, 3.05) is 0 Å². The van der Waals surface area contributed by atoms with E-state index in [0.29, 0.717) is 0 Å². The number of aryl methyl sites for hydroxylation is 6. The first kappa shape index (κ1) is 35.2. The molecule has 0 aromatic heterocycles. The molecule has 4 rings (SSSR count). The van der Waals surface area contributed by atoms with Crippen molar-refractivity contribution in [3.8, 4) is 0 Å². The number of halogens is 2. The summed E-state index contributed by atoms with van der Waals surface area (Å²) in [5.74, 6) is 0. The Morgan fingerprint density at radius 2 is 0.944 bits per heavy atom. The third-order valence-electron chi connectivity index (χ3n) is 6.40. The van der Waals surface area contributed by atoms with Crippen molar-refractivity contribution < 1.29 is 44.0 Å². The van der Waals surface area contributed by atoms with Gasteiger partial charge in [-0.1, -0.05) is 76.6 Å². The van der Waals surface area contributed by atoms with Gasteiger partial charge >= 0.3 is 38.5 Å². The third kappa shape index (κ3) is 10.5. The van der Waals surface area contributed by atoms with Crippen molar-refractivity contribution in [1.29, 1.82) is 0 Å². The van der Waals surface area contributed by atoms with E-state index in [-0.39, 0.29) is 31.0 Å². The maximum absolute atomic E-state index is 2.37. The van der Waals surface area contributed by atoms with Gasteiger partial charge < -0.3 is 24.8 Å². The minimum atomic E-state index is 0. The summed E-state index contributed by atoms with van der Waals surface area (Å²) in [5, 5.41) is 5.78. The van der Waals surface area contributed by atoms with Gasteiger partial charge in [-0.25, -0.2) is 0 Å². The van der Waals surface area contributed by atoms with Crippen LogP contribution in [0.4, 0.5) is 0 Å². The fraction of sp³-hybridized carbons (Fsp3) is 0.438. The molecular weight excluding hydrogens is 531 g/mol. The number of hydrogen-bond donors (Lipinski definition) is 0. The van der Waals surface area contributed by atoms with Crippen LogP contribution in [-0.4, -0.2) is 6.19 Å². The molecule has 0 unspecified atom stereocenters. The predicted octanol–water partition coefficient (Wildman–Crippen LogP) is 3.83. The summed E-state index contributed by atoms with van der Waals surface area (Å²) in [6.07, 6.45) is 7.73. The molecule has 0 saturated heterocycles. The van der Waals surface area contributed by atoms with E-state index >= 15 is 0 Å². The molecule has 196 valence electrons. The molecule has 0 aliphatic carbocycles. The van der Waals surface area contributed by atoms with Gasteiger partial charge in [-0.05, 0) is 26.7 Å². The summed E-state index contributed by atoms with van der Waals surface area (Å²) in [7, 11) is 0. The smallest absolute Gasteiger partial charge is 1.00 e. The zero-order valence-corrected chi connectivity index (χ0v) is 27.7. The first-order valence-electron chi connectivity index (χ1n) is 13.0. The van der Waals surface area contributed by atoms with E-state index in [1.165, 1.54) is 93.5 Å². The van der Waals surface area contributed by atoms with Gasteiger partial charge in [-0.15, -0.1) is 68.1 Å². The first-order chi connectivity index (χ1) is 16.2. The van der Waals surface area contributed by atoms with Gasteiger partial charge in [0.15, 0.2) is 0 Å². The molecule has 0 fully saturated rings. The molecule has 0 nitrogen and oxygen atoms in total. The first-order valence-corrected chi connectivity index (χ1v) is 17.8. The van der Waals surface area contributed by atoms with Gasteiger partial charge in [0.1, 0.15) is 0 Å².